The predicted molar refractivity (Wildman–Crippen MR) is 94.0 cm³/mol. The highest BCUT2D eigenvalue weighted by Crippen LogP contribution is 2.27. The van der Waals surface area contributed by atoms with Gasteiger partial charge in [-0.25, -0.2) is 0 Å². The second-order valence-electron chi connectivity index (χ2n) is 5.80. The Hall–Kier alpha value is -1.03. The van der Waals surface area contributed by atoms with E-state index >= 15 is 0 Å². The topological polar surface area (TPSA) is 57.5 Å². The summed E-state index contributed by atoms with van der Waals surface area (Å²) in [6, 6.07) is 4.21. The highest BCUT2D eigenvalue weighted by atomic mass is 79.9. The van der Waals surface area contributed by atoms with Gasteiger partial charge in [0, 0.05) is 5.56 Å². The zero-order valence-electron chi connectivity index (χ0n) is 13.4. The van der Waals surface area contributed by atoms with Crippen LogP contribution in [0.25, 0.3) is 0 Å². The van der Waals surface area contributed by atoms with E-state index in [0.717, 1.165) is 19.3 Å². The van der Waals surface area contributed by atoms with E-state index in [0.29, 0.717) is 5.56 Å². The molecule has 4 heteroatoms. The lowest BCUT2D eigenvalue weighted by molar-refractivity contribution is 0.0987. The van der Waals surface area contributed by atoms with Crippen LogP contribution in [0.3, 0.4) is 0 Å². The number of hydrogen-bond donors (Lipinski definition) is 2. The van der Waals surface area contributed by atoms with E-state index in [2.05, 4.69) is 22.9 Å². The molecule has 1 atom stereocenters. The molecular weight excluding hydrogens is 344 g/mol. The van der Waals surface area contributed by atoms with Gasteiger partial charge in [0.25, 0.3) is 0 Å². The third-order valence-electron chi connectivity index (χ3n) is 3.86. The number of benzene rings is 1. The minimum Gasteiger partial charge on any atom is -0.504 e. The third-order valence-corrected chi connectivity index (χ3v) is 4.73. The number of phenolic OH excluding ortho intramolecular Hbond substituents is 2. The molecule has 1 aromatic rings. The molecule has 0 aliphatic heterocycles. The molecule has 0 aromatic heterocycles. The fourth-order valence-electron chi connectivity index (χ4n) is 2.45. The molecule has 3 nitrogen and oxygen atoms in total. The van der Waals surface area contributed by atoms with Crippen LogP contribution in [-0.2, 0) is 0 Å². The van der Waals surface area contributed by atoms with Gasteiger partial charge in [0.1, 0.15) is 0 Å². The van der Waals surface area contributed by atoms with Crippen LogP contribution in [0.2, 0.25) is 0 Å². The molecular formula is C18H27BrO3. The van der Waals surface area contributed by atoms with Crippen molar-refractivity contribution in [2.45, 2.75) is 69.5 Å². The molecule has 0 spiro atoms. The number of hydrogen-bond acceptors (Lipinski definition) is 3. The van der Waals surface area contributed by atoms with Crippen molar-refractivity contribution in [3.05, 3.63) is 23.8 Å². The summed E-state index contributed by atoms with van der Waals surface area (Å²) in [5.41, 5.74) is 0.428. The molecule has 1 unspecified atom stereocenters. The Labute approximate surface area is 141 Å². The van der Waals surface area contributed by atoms with Gasteiger partial charge in [-0.1, -0.05) is 74.2 Å². The summed E-state index contributed by atoms with van der Waals surface area (Å²) in [7, 11) is 0. The van der Waals surface area contributed by atoms with E-state index in [9.17, 15) is 15.0 Å². The van der Waals surface area contributed by atoms with Crippen LogP contribution < -0.4 is 0 Å². The van der Waals surface area contributed by atoms with Crippen LogP contribution in [0.15, 0.2) is 18.2 Å². The number of unbranched alkanes of at least 4 members (excludes halogenated alkanes) is 7. The Bertz CT molecular complexity index is 460. The lowest BCUT2D eigenvalue weighted by Gasteiger charge is -2.09. The first-order valence-corrected chi connectivity index (χ1v) is 9.18. The monoisotopic (exact) mass is 370 g/mol. The summed E-state index contributed by atoms with van der Waals surface area (Å²) in [5, 5.41) is 18.7. The Kier molecular flexibility index (Phi) is 9.21. The van der Waals surface area contributed by atoms with Crippen molar-refractivity contribution < 1.29 is 15.0 Å². The van der Waals surface area contributed by atoms with Crippen molar-refractivity contribution in [1.29, 1.82) is 0 Å². The van der Waals surface area contributed by atoms with E-state index < -0.39 is 0 Å². The number of aromatic hydroxyl groups is 2. The quantitative estimate of drug-likeness (QED) is 0.231. The van der Waals surface area contributed by atoms with Crippen molar-refractivity contribution in [3.63, 3.8) is 0 Å². The molecule has 1 aromatic carbocycles. The SMILES string of the molecule is CCCCCCCCCCC(Br)C(=O)c1ccc(O)c(O)c1. The van der Waals surface area contributed by atoms with Gasteiger partial charge in [0.2, 0.25) is 0 Å². The standard InChI is InChI=1S/C18H27BrO3/c1-2-3-4-5-6-7-8-9-10-15(19)18(22)14-11-12-16(20)17(21)13-14/h11-13,15,20-21H,2-10H2,1H3. The summed E-state index contributed by atoms with van der Waals surface area (Å²) in [6.07, 6.45) is 10.8. The molecule has 0 bridgehead atoms. The average Bonchev–Trinajstić information content (AvgIpc) is 2.51. The van der Waals surface area contributed by atoms with Crippen LogP contribution in [0, 0.1) is 0 Å². The molecule has 0 aliphatic carbocycles. The van der Waals surface area contributed by atoms with E-state index in [1.807, 2.05) is 0 Å². The van der Waals surface area contributed by atoms with Gasteiger partial charge in [-0.05, 0) is 24.6 Å². The van der Waals surface area contributed by atoms with Crippen LogP contribution in [0.5, 0.6) is 11.5 Å². The maximum absolute atomic E-state index is 12.2. The molecule has 0 saturated heterocycles. The molecule has 0 fully saturated rings. The average molecular weight is 371 g/mol. The molecule has 124 valence electrons. The summed E-state index contributed by atoms with van der Waals surface area (Å²) >= 11 is 3.43. The lowest BCUT2D eigenvalue weighted by Crippen LogP contribution is -2.14. The van der Waals surface area contributed by atoms with Crippen molar-refractivity contribution in [2.24, 2.45) is 0 Å². The van der Waals surface area contributed by atoms with Crippen molar-refractivity contribution in [1.82, 2.24) is 0 Å². The minimum atomic E-state index is -0.252. The number of carbonyl (C=O) groups is 1. The zero-order chi connectivity index (χ0) is 16.4. The molecule has 0 radical (unpaired) electrons. The van der Waals surface area contributed by atoms with Gasteiger partial charge >= 0.3 is 0 Å². The second kappa shape index (κ2) is 10.7. The summed E-state index contributed by atoms with van der Waals surface area (Å²) in [5.74, 6) is -0.498. The number of rotatable bonds is 11. The molecule has 0 amide bonds. The summed E-state index contributed by atoms with van der Waals surface area (Å²) in [4.78, 5) is 12.0. The Balaban J connectivity index is 2.23. The Morgan fingerprint density at radius 3 is 2.18 bits per heavy atom. The number of ketones is 1. The van der Waals surface area contributed by atoms with Crippen molar-refractivity contribution in [3.8, 4) is 11.5 Å². The van der Waals surface area contributed by atoms with Gasteiger partial charge in [0.05, 0.1) is 4.83 Å². The highest BCUT2D eigenvalue weighted by molar-refractivity contribution is 9.10. The molecule has 0 aliphatic rings. The van der Waals surface area contributed by atoms with Crippen LogP contribution in [0.4, 0.5) is 0 Å². The first kappa shape index (κ1) is 19.0. The molecule has 1 rings (SSSR count). The van der Waals surface area contributed by atoms with E-state index in [1.54, 1.807) is 6.07 Å². The van der Waals surface area contributed by atoms with E-state index in [1.165, 1.54) is 50.7 Å². The van der Waals surface area contributed by atoms with Gasteiger partial charge in [-0.3, -0.25) is 4.79 Å². The summed E-state index contributed by atoms with van der Waals surface area (Å²) < 4.78 is 0. The normalized spacial score (nSPS) is 12.3. The zero-order valence-corrected chi connectivity index (χ0v) is 14.9. The number of halogens is 1. The first-order valence-electron chi connectivity index (χ1n) is 8.26. The number of carbonyl (C=O) groups excluding carboxylic acids is 1. The fraction of sp³-hybridized carbons (Fsp3) is 0.611. The van der Waals surface area contributed by atoms with Crippen molar-refractivity contribution in [2.75, 3.05) is 0 Å². The highest BCUT2D eigenvalue weighted by Gasteiger charge is 2.17. The van der Waals surface area contributed by atoms with Crippen LogP contribution >= 0.6 is 15.9 Å². The summed E-state index contributed by atoms with van der Waals surface area (Å²) in [6.45, 7) is 2.22. The Morgan fingerprint density at radius 1 is 1.00 bits per heavy atom. The predicted octanol–water partition coefficient (Wildman–Crippen LogP) is 5.57. The third kappa shape index (κ3) is 6.82. The van der Waals surface area contributed by atoms with E-state index in [4.69, 9.17) is 0 Å². The number of alkyl halides is 1. The van der Waals surface area contributed by atoms with Crippen molar-refractivity contribution >= 4 is 21.7 Å². The Morgan fingerprint density at radius 2 is 1.59 bits per heavy atom. The largest absolute Gasteiger partial charge is 0.504 e. The number of phenols is 2. The molecule has 0 heterocycles. The molecule has 22 heavy (non-hydrogen) atoms. The number of Topliss-reactive ketones (excluding diaryl/α,β-unsaturated/α-hetero) is 1. The molecule has 2 N–H and O–H groups in total. The van der Waals surface area contributed by atoms with Gasteiger partial charge in [-0.2, -0.15) is 0 Å². The maximum atomic E-state index is 12.2. The van der Waals surface area contributed by atoms with Gasteiger partial charge in [0.15, 0.2) is 17.3 Å². The molecule has 0 saturated carbocycles. The second-order valence-corrected chi connectivity index (χ2v) is 6.90. The van der Waals surface area contributed by atoms with Gasteiger partial charge < -0.3 is 10.2 Å². The van der Waals surface area contributed by atoms with Gasteiger partial charge in [-0.15, -0.1) is 0 Å². The first-order chi connectivity index (χ1) is 10.6. The van der Waals surface area contributed by atoms with E-state index in [-0.39, 0.29) is 22.1 Å². The minimum absolute atomic E-state index is 0.0433. The fourth-order valence-corrected chi connectivity index (χ4v) is 3.03. The smallest absolute Gasteiger partial charge is 0.176 e. The lowest BCUT2D eigenvalue weighted by atomic mass is 10.0. The maximum Gasteiger partial charge on any atom is 0.176 e. The van der Waals surface area contributed by atoms with Crippen LogP contribution in [0.1, 0.15) is 75.1 Å². The van der Waals surface area contributed by atoms with Crippen LogP contribution in [-0.4, -0.2) is 20.8 Å².